The summed E-state index contributed by atoms with van der Waals surface area (Å²) in [4.78, 5) is 1.19. The van der Waals surface area contributed by atoms with Crippen LogP contribution >= 0.6 is 23.4 Å². The molecule has 1 saturated carbocycles. The van der Waals surface area contributed by atoms with Gasteiger partial charge in [-0.05, 0) is 31.0 Å². The molecule has 2 nitrogen and oxygen atoms in total. The van der Waals surface area contributed by atoms with Crippen molar-refractivity contribution in [3.8, 4) is 0 Å². The smallest absolute Gasteiger partial charge is 0.124 e. The van der Waals surface area contributed by atoms with Gasteiger partial charge in [0.1, 0.15) is 5.84 Å². The number of halogens is 1. The molecular weight excluding hydrogens is 252 g/mol. The Morgan fingerprint density at radius 2 is 2.00 bits per heavy atom. The van der Waals surface area contributed by atoms with Gasteiger partial charge in [-0.25, -0.2) is 0 Å². The Kier molecular flexibility index (Phi) is 4.35. The first-order valence-corrected chi connectivity index (χ1v) is 7.23. The fraction of sp³-hybridized carbons (Fsp3) is 0.462. The molecule has 1 aromatic carbocycles. The van der Waals surface area contributed by atoms with Crippen LogP contribution in [-0.2, 0) is 0 Å². The molecule has 0 aromatic heterocycles. The third kappa shape index (κ3) is 3.39. The number of hydrogen-bond acceptors (Lipinski definition) is 2. The zero-order chi connectivity index (χ0) is 12.3. The van der Waals surface area contributed by atoms with Crippen molar-refractivity contribution in [1.82, 2.24) is 0 Å². The van der Waals surface area contributed by atoms with Gasteiger partial charge >= 0.3 is 0 Å². The summed E-state index contributed by atoms with van der Waals surface area (Å²) in [5.74, 6) is 0.0317. The van der Waals surface area contributed by atoms with Crippen LogP contribution in [0.2, 0.25) is 5.02 Å². The third-order valence-corrected chi connectivity index (χ3v) is 4.73. The topological polar surface area (TPSA) is 49.9 Å². The van der Waals surface area contributed by atoms with Gasteiger partial charge in [-0.2, -0.15) is 0 Å². The molecule has 4 heteroatoms. The first-order valence-electron chi connectivity index (χ1n) is 5.97. The normalized spacial score (nSPS) is 17.0. The summed E-state index contributed by atoms with van der Waals surface area (Å²) in [6.45, 7) is 0. The third-order valence-electron chi connectivity index (χ3n) is 3.09. The van der Waals surface area contributed by atoms with E-state index in [1.807, 2.05) is 30.0 Å². The molecule has 1 aliphatic rings. The summed E-state index contributed by atoms with van der Waals surface area (Å²) in [6.07, 6.45) is 6.67. The largest absolute Gasteiger partial charge is 0.384 e. The molecule has 0 unspecified atom stereocenters. The second-order valence-corrected chi connectivity index (χ2v) is 6.21. The number of nitrogens with two attached hydrogens (primary N) is 1. The number of thioether (sulfide) groups is 1. The Hall–Kier alpha value is -0.670. The van der Waals surface area contributed by atoms with Gasteiger partial charge in [0.15, 0.2) is 0 Å². The number of hydrogen-bond donors (Lipinski definition) is 2. The molecule has 0 saturated heterocycles. The van der Waals surface area contributed by atoms with Crippen LogP contribution in [0, 0.1) is 5.41 Å². The summed E-state index contributed by atoms with van der Waals surface area (Å²) in [5, 5.41) is 8.69. The summed E-state index contributed by atoms with van der Waals surface area (Å²) in [5.41, 5.74) is 6.07. The van der Waals surface area contributed by atoms with Gasteiger partial charge in [0.05, 0.1) is 5.02 Å². The molecule has 0 bridgehead atoms. The first kappa shape index (κ1) is 12.8. The van der Waals surface area contributed by atoms with E-state index in [2.05, 4.69) is 0 Å². The molecule has 0 heterocycles. The summed E-state index contributed by atoms with van der Waals surface area (Å²) in [7, 11) is 0. The van der Waals surface area contributed by atoms with Gasteiger partial charge in [0.25, 0.3) is 0 Å². The lowest BCUT2D eigenvalue weighted by molar-refractivity contribution is 0.516. The predicted octanol–water partition coefficient (Wildman–Crippen LogP) is 4.05. The quantitative estimate of drug-likeness (QED) is 0.642. The average molecular weight is 269 g/mol. The number of nitrogen functional groups attached to an aromatic ring is 1. The SMILES string of the molecule is N=C(N)c1ccc(SC2CCCCC2)cc1Cl. The summed E-state index contributed by atoms with van der Waals surface area (Å²) >= 11 is 8.01. The van der Waals surface area contributed by atoms with Crippen molar-refractivity contribution in [3.63, 3.8) is 0 Å². The average Bonchev–Trinajstić information content (AvgIpc) is 2.30. The molecule has 17 heavy (non-hydrogen) atoms. The zero-order valence-electron chi connectivity index (χ0n) is 9.71. The van der Waals surface area contributed by atoms with Crippen LogP contribution in [0.15, 0.2) is 23.1 Å². The second-order valence-electron chi connectivity index (χ2n) is 4.43. The van der Waals surface area contributed by atoms with Gasteiger partial charge in [-0.3, -0.25) is 5.41 Å². The van der Waals surface area contributed by atoms with Crippen LogP contribution < -0.4 is 5.73 Å². The fourth-order valence-corrected chi connectivity index (χ4v) is 3.80. The first-order chi connectivity index (χ1) is 8.16. The van der Waals surface area contributed by atoms with E-state index in [4.69, 9.17) is 22.7 Å². The maximum Gasteiger partial charge on any atom is 0.124 e. The Morgan fingerprint density at radius 3 is 2.59 bits per heavy atom. The second kappa shape index (κ2) is 5.78. The van der Waals surface area contributed by atoms with Crippen LogP contribution in [0.1, 0.15) is 37.7 Å². The van der Waals surface area contributed by atoms with Crippen molar-refractivity contribution in [1.29, 1.82) is 5.41 Å². The number of rotatable bonds is 3. The molecule has 0 aliphatic heterocycles. The molecule has 0 amide bonds. The Balaban J connectivity index is 2.06. The van der Waals surface area contributed by atoms with Gasteiger partial charge in [0.2, 0.25) is 0 Å². The lowest BCUT2D eigenvalue weighted by atomic mass is 10.0. The summed E-state index contributed by atoms with van der Waals surface area (Å²) < 4.78 is 0. The minimum absolute atomic E-state index is 0.0317. The molecule has 1 aliphatic carbocycles. The van der Waals surface area contributed by atoms with E-state index in [1.54, 1.807) is 0 Å². The van der Waals surface area contributed by atoms with Crippen molar-refractivity contribution < 1.29 is 0 Å². The Labute approximate surface area is 111 Å². The van der Waals surface area contributed by atoms with Gasteiger partial charge < -0.3 is 5.73 Å². The number of nitrogens with one attached hydrogen (secondary N) is 1. The highest BCUT2D eigenvalue weighted by Gasteiger charge is 2.15. The van der Waals surface area contributed by atoms with Crippen LogP contribution in [-0.4, -0.2) is 11.1 Å². The monoisotopic (exact) mass is 268 g/mol. The maximum absolute atomic E-state index is 7.39. The van der Waals surface area contributed by atoms with Crippen molar-refractivity contribution in [2.45, 2.75) is 42.2 Å². The van der Waals surface area contributed by atoms with E-state index in [0.717, 1.165) is 5.25 Å². The maximum atomic E-state index is 7.39. The molecule has 0 radical (unpaired) electrons. The van der Waals surface area contributed by atoms with Gasteiger partial charge in [-0.1, -0.05) is 30.9 Å². The van der Waals surface area contributed by atoms with E-state index in [9.17, 15) is 0 Å². The van der Waals surface area contributed by atoms with Gasteiger partial charge in [0, 0.05) is 15.7 Å². The standard InChI is InChI=1S/C13H17ClN2S/c14-12-8-10(6-7-11(12)13(15)16)17-9-4-2-1-3-5-9/h6-9H,1-5H2,(H3,15,16). The van der Waals surface area contributed by atoms with Crippen molar-refractivity contribution in [2.24, 2.45) is 5.73 Å². The van der Waals surface area contributed by atoms with Crippen LogP contribution in [0.25, 0.3) is 0 Å². The van der Waals surface area contributed by atoms with Crippen molar-refractivity contribution >= 4 is 29.2 Å². The highest BCUT2D eigenvalue weighted by atomic mass is 35.5. The molecule has 1 aromatic rings. The van der Waals surface area contributed by atoms with E-state index in [1.165, 1.54) is 37.0 Å². The number of benzene rings is 1. The fourth-order valence-electron chi connectivity index (χ4n) is 2.16. The molecule has 0 atom stereocenters. The van der Waals surface area contributed by atoms with Crippen LogP contribution in [0.3, 0.4) is 0 Å². The Morgan fingerprint density at radius 1 is 1.29 bits per heavy atom. The van der Waals surface area contributed by atoms with E-state index in [-0.39, 0.29) is 5.84 Å². The van der Waals surface area contributed by atoms with Crippen molar-refractivity contribution in [3.05, 3.63) is 28.8 Å². The van der Waals surface area contributed by atoms with Crippen molar-refractivity contribution in [2.75, 3.05) is 0 Å². The Bertz CT molecular complexity index is 414. The van der Waals surface area contributed by atoms with Crippen LogP contribution in [0.4, 0.5) is 0 Å². The summed E-state index contributed by atoms with van der Waals surface area (Å²) in [6, 6.07) is 5.79. The predicted molar refractivity (Wildman–Crippen MR) is 75.2 cm³/mol. The molecule has 1 fully saturated rings. The molecule has 92 valence electrons. The number of amidine groups is 1. The molecule has 2 rings (SSSR count). The zero-order valence-corrected chi connectivity index (χ0v) is 11.3. The highest BCUT2D eigenvalue weighted by Crippen LogP contribution is 2.35. The molecule has 0 spiro atoms. The van der Waals surface area contributed by atoms with Crippen LogP contribution in [0.5, 0.6) is 0 Å². The minimum Gasteiger partial charge on any atom is -0.384 e. The van der Waals surface area contributed by atoms with E-state index in [0.29, 0.717) is 10.6 Å². The molecular formula is C13H17ClN2S. The molecule has 3 N–H and O–H groups in total. The lowest BCUT2D eigenvalue weighted by Crippen LogP contribution is -2.11. The van der Waals surface area contributed by atoms with E-state index < -0.39 is 0 Å². The minimum atomic E-state index is 0.0317. The highest BCUT2D eigenvalue weighted by molar-refractivity contribution is 8.00. The van der Waals surface area contributed by atoms with E-state index >= 15 is 0 Å². The lowest BCUT2D eigenvalue weighted by Gasteiger charge is -2.21. The van der Waals surface area contributed by atoms with Gasteiger partial charge in [-0.15, -0.1) is 11.8 Å².